The van der Waals surface area contributed by atoms with Crippen LogP contribution in [0.5, 0.6) is 0 Å². The quantitative estimate of drug-likeness (QED) is 0.706. The predicted octanol–water partition coefficient (Wildman–Crippen LogP) is 1.28. The summed E-state index contributed by atoms with van der Waals surface area (Å²) < 4.78 is 0. The van der Waals surface area contributed by atoms with Crippen molar-refractivity contribution in [3.8, 4) is 0 Å². The summed E-state index contributed by atoms with van der Waals surface area (Å²) in [5.74, 6) is 0. The smallest absolute Gasteiger partial charge is 0.0570 e. The van der Waals surface area contributed by atoms with E-state index in [4.69, 9.17) is 0 Å². The van der Waals surface area contributed by atoms with Crippen LogP contribution in [0.2, 0.25) is 0 Å². The van der Waals surface area contributed by atoms with Gasteiger partial charge in [-0.15, -0.1) is 0 Å². The van der Waals surface area contributed by atoms with Gasteiger partial charge in [-0.3, -0.25) is 4.90 Å². The highest BCUT2D eigenvalue weighted by Crippen LogP contribution is 2.35. The first-order chi connectivity index (χ1) is 8.22. The van der Waals surface area contributed by atoms with E-state index < -0.39 is 0 Å². The van der Waals surface area contributed by atoms with Crippen molar-refractivity contribution in [3.05, 3.63) is 12.2 Å². The molecule has 1 aliphatic carbocycles. The molecule has 3 nitrogen and oxygen atoms in total. The lowest BCUT2D eigenvalue weighted by Crippen LogP contribution is -2.46. The van der Waals surface area contributed by atoms with Gasteiger partial charge in [0, 0.05) is 31.2 Å². The van der Waals surface area contributed by atoms with Gasteiger partial charge in [-0.05, 0) is 44.1 Å². The number of hydrogen-bond acceptors (Lipinski definition) is 3. The van der Waals surface area contributed by atoms with Gasteiger partial charge in [-0.1, -0.05) is 6.58 Å². The Labute approximate surface area is 104 Å². The zero-order valence-electron chi connectivity index (χ0n) is 10.6. The van der Waals surface area contributed by atoms with Gasteiger partial charge in [0.1, 0.15) is 0 Å². The minimum atomic E-state index is -0.0541. The van der Waals surface area contributed by atoms with Crippen molar-refractivity contribution in [2.45, 2.75) is 62.8 Å². The van der Waals surface area contributed by atoms with Crippen LogP contribution < -0.4 is 5.32 Å². The molecule has 2 unspecified atom stereocenters. The third-order valence-corrected chi connectivity index (χ3v) is 4.48. The third-order valence-electron chi connectivity index (χ3n) is 4.48. The molecule has 96 valence electrons. The minimum Gasteiger partial charge on any atom is -0.393 e. The summed E-state index contributed by atoms with van der Waals surface area (Å²) in [6, 6.07) is 1.99. The lowest BCUT2D eigenvalue weighted by molar-refractivity contribution is 0.0405. The molecule has 2 saturated heterocycles. The lowest BCUT2D eigenvalue weighted by atomic mass is 9.99. The summed E-state index contributed by atoms with van der Waals surface area (Å²) in [5.41, 5.74) is 1.31. The van der Waals surface area contributed by atoms with E-state index in [9.17, 15) is 5.11 Å². The molecule has 2 atom stereocenters. The van der Waals surface area contributed by atoms with Crippen LogP contribution in [0.25, 0.3) is 0 Å². The predicted molar refractivity (Wildman–Crippen MR) is 68.9 cm³/mol. The highest BCUT2D eigenvalue weighted by atomic mass is 16.3. The molecule has 0 radical (unpaired) electrons. The molecule has 0 aromatic rings. The van der Waals surface area contributed by atoms with Crippen LogP contribution in [-0.4, -0.2) is 47.3 Å². The molecule has 2 N–H and O–H groups in total. The van der Waals surface area contributed by atoms with Crippen LogP contribution in [0, 0.1) is 0 Å². The monoisotopic (exact) mass is 236 g/mol. The van der Waals surface area contributed by atoms with Crippen LogP contribution in [-0.2, 0) is 0 Å². The second-order valence-electron chi connectivity index (χ2n) is 6.09. The number of nitrogens with zero attached hydrogens (tertiary/aromatic N) is 1. The largest absolute Gasteiger partial charge is 0.393 e. The molecule has 2 bridgehead atoms. The average molecular weight is 236 g/mol. The van der Waals surface area contributed by atoms with Gasteiger partial charge < -0.3 is 10.4 Å². The SMILES string of the molecule is C=C(CNC1CC1)CN1C2CCC1CC(O)C2. The van der Waals surface area contributed by atoms with Gasteiger partial charge >= 0.3 is 0 Å². The fourth-order valence-corrected chi connectivity index (χ4v) is 3.39. The summed E-state index contributed by atoms with van der Waals surface area (Å²) in [6.45, 7) is 6.20. The topological polar surface area (TPSA) is 35.5 Å². The Bertz CT molecular complexity index is 287. The van der Waals surface area contributed by atoms with Crippen LogP contribution in [0.3, 0.4) is 0 Å². The Morgan fingerprint density at radius 1 is 1.18 bits per heavy atom. The van der Waals surface area contributed by atoms with Gasteiger partial charge in [-0.2, -0.15) is 0 Å². The highest BCUT2D eigenvalue weighted by molar-refractivity contribution is 5.06. The van der Waals surface area contributed by atoms with E-state index in [0.717, 1.165) is 32.0 Å². The fraction of sp³-hybridized carbons (Fsp3) is 0.857. The number of aliphatic hydroxyl groups excluding tert-OH is 1. The van der Waals surface area contributed by atoms with E-state index in [1.54, 1.807) is 0 Å². The fourth-order valence-electron chi connectivity index (χ4n) is 3.39. The molecular formula is C14H24N2O. The van der Waals surface area contributed by atoms with Gasteiger partial charge in [0.15, 0.2) is 0 Å². The third kappa shape index (κ3) is 2.72. The molecule has 1 saturated carbocycles. The molecule has 3 rings (SSSR count). The van der Waals surface area contributed by atoms with Gasteiger partial charge in [0.05, 0.1) is 6.10 Å². The standard InChI is InChI=1S/C14H24N2O/c1-10(8-15-11-2-3-11)9-16-12-4-5-13(16)7-14(17)6-12/h11-15,17H,1-9H2. The molecule has 3 heteroatoms. The summed E-state index contributed by atoms with van der Waals surface area (Å²) >= 11 is 0. The van der Waals surface area contributed by atoms with E-state index in [0.29, 0.717) is 12.1 Å². The molecule has 0 aromatic carbocycles. The van der Waals surface area contributed by atoms with Gasteiger partial charge in [0.2, 0.25) is 0 Å². The number of hydrogen-bond donors (Lipinski definition) is 2. The number of nitrogens with one attached hydrogen (secondary N) is 1. The van der Waals surface area contributed by atoms with Crippen molar-refractivity contribution in [2.24, 2.45) is 0 Å². The molecule has 17 heavy (non-hydrogen) atoms. The zero-order chi connectivity index (χ0) is 11.8. The van der Waals surface area contributed by atoms with E-state index in [1.165, 1.54) is 31.3 Å². The average Bonchev–Trinajstić information content (AvgIpc) is 3.07. The first-order valence-corrected chi connectivity index (χ1v) is 7.06. The summed E-state index contributed by atoms with van der Waals surface area (Å²) in [5, 5.41) is 13.3. The molecule has 0 amide bonds. The van der Waals surface area contributed by atoms with E-state index >= 15 is 0 Å². The Hall–Kier alpha value is -0.380. The van der Waals surface area contributed by atoms with Crippen molar-refractivity contribution < 1.29 is 5.11 Å². The molecule has 2 aliphatic heterocycles. The maximum Gasteiger partial charge on any atom is 0.0570 e. The molecule has 0 spiro atoms. The highest BCUT2D eigenvalue weighted by Gasteiger charge is 2.39. The van der Waals surface area contributed by atoms with E-state index in [2.05, 4.69) is 16.8 Å². The Balaban J connectivity index is 1.49. The van der Waals surface area contributed by atoms with Crippen molar-refractivity contribution in [1.82, 2.24) is 10.2 Å². The molecule has 3 aliphatic rings. The summed E-state index contributed by atoms with van der Waals surface area (Å²) in [6.07, 6.45) is 7.11. The number of piperidine rings is 1. The summed E-state index contributed by atoms with van der Waals surface area (Å²) in [7, 11) is 0. The van der Waals surface area contributed by atoms with Gasteiger partial charge in [-0.25, -0.2) is 0 Å². The van der Waals surface area contributed by atoms with Gasteiger partial charge in [0.25, 0.3) is 0 Å². The van der Waals surface area contributed by atoms with E-state index in [1.807, 2.05) is 0 Å². The molecule has 2 heterocycles. The van der Waals surface area contributed by atoms with Crippen LogP contribution in [0.15, 0.2) is 12.2 Å². The second kappa shape index (κ2) is 4.71. The molecule has 0 aromatic heterocycles. The maximum atomic E-state index is 9.76. The number of rotatable bonds is 5. The Kier molecular flexibility index (Phi) is 3.24. The van der Waals surface area contributed by atoms with Crippen LogP contribution in [0.1, 0.15) is 38.5 Å². The minimum absolute atomic E-state index is 0.0541. The maximum absolute atomic E-state index is 9.76. The van der Waals surface area contributed by atoms with Crippen molar-refractivity contribution >= 4 is 0 Å². The first-order valence-electron chi connectivity index (χ1n) is 7.06. The van der Waals surface area contributed by atoms with Crippen LogP contribution >= 0.6 is 0 Å². The lowest BCUT2D eigenvalue weighted by Gasteiger charge is -2.37. The first kappa shape index (κ1) is 11.7. The Morgan fingerprint density at radius 2 is 1.82 bits per heavy atom. The zero-order valence-corrected chi connectivity index (χ0v) is 10.6. The molecular weight excluding hydrogens is 212 g/mol. The normalized spacial score (nSPS) is 37.4. The number of aliphatic hydroxyl groups is 1. The van der Waals surface area contributed by atoms with Crippen molar-refractivity contribution in [1.29, 1.82) is 0 Å². The Morgan fingerprint density at radius 3 is 2.41 bits per heavy atom. The van der Waals surface area contributed by atoms with Crippen molar-refractivity contribution in [2.75, 3.05) is 13.1 Å². The number of fused-ring (bicyclic) bond motifs is 2. The molecule has 3 fully saturated rings. The van der Waals surface area contributed by atoms with Crippen LogP contribution in [0.4, 0.5) is 0 Å². The van der Waals surface area contributed by atoms with E-state index in [-0.39, 0.29) is 6.10 Å². The van der Waals surface area contributed by atoms with Crippen molar-refractivity contribution in [3.63, 3.8) is 0 Å². The second-order valence-corrected chi connectivity index (χ2v) is 6.09. The summed E-state index contributed by atoms with van der Waals surface area (Å²) in [4.78, 5) is 2.59.